The van der Waals surface area contributed by atoms with Gasteiger partial charge in [-0.05, 0) is 27.2 Å². The molecule has 1 aromatic heterocycles. The Kier molecular flexibility index (Phi) is 2.58. The second kappa shape index (κ2) is 3.47. The second-order valence-corrected chi connectivity index (χ2v) is 7.29. The van der Waals surface area contributed by atoms with Crippen molar-refractivity contribution in [1.82, 2.24) is 9.78 Å². The van der Waals surface area contributed by atoms with Gasteiger partial charge in [0.15, 0.2) is 9.84 Å². The Morgan fingerprint density at radius 1 is 1.44 bits per heavy atom. The van der Waals surface area contributed by atoms with Crippen LogP contribution < -0.4 is 0 Å². The molecule has 4 nitrogen and oxygen atoms in total. The predicted molar refractivity (Wildman–Crippen MR) is 63.6 cm³/mol. The van der Waals surface area contributed by atoms with Crippen molar-refractivity contribution >= 4 is 21.4 Å². The number of aromatic nitrogens is 2. The van der Waals surface area contributed by atoms with Gasteiger partial charge in [0.25, 0.3) is 0 Å². The molecule has 0 radical (unpaired) electrons. The zero-order valence-electron chi connectivity index (χ0n) is 9.62. The van der Waals surface area contributed by atoms with Crippen molar-refractivity contribution < 1.29 is 8.42 Å². The largest absolute Gasteiger partial charge is 0.247 e. The fourth-order valence-electron chi connectivity index (χ4n) is 2.10. The van der Waals surface area contributed by atoms with Crippen molar-refractivity contribution in [2.24, 2.45) is 0 Å². The third-order valence-corrected chi connectivity index (χ3v) is 5.61. The molecule has 0 aliphatic carbocycles. The van der Waals surface area contributed by atoms with Crippen molar-refractivity contribution in [2.75, 3.05) is 11.5 Å². The first kappa shape index (κ1) is 11.9. The van der Waals surface area contributed by atoms with Crippen molar-refractivity contribution in [3.63, 3.8) is 0 Å². The van der Waals surface area contributed by atoms with Crippen molar-refractivity contribution in [2.45, 2.75) is 32.7 Å². The highest BCUT2D eigenvalue weighted by atomic mass is 35.5. The molecule has 2 heterocycles. The quantitative estimate of drug-likeness (QED) is 0.774. The fraction of sp³-hybridized carbons (Fsp3) is 0.700. The molecule has 0 saturated carbocycles. The predicted octanol–water partition coefficient (Wildman–Crippen LogP) is 1.69. The number of nitrogens with zero attached hydrogens (tertiary/aromatic N) is 2. The monoisotopic (exact) mass is 262 g/mol. The molecule has 1 aromatic rings. The molecule has 1 saturated heterocycles. The van der Waals surface area contributed by atoms with Crippen LogP contribution in [-0.2, 0) is 15.4 Å². The van der Waals surface area contributed by atoms with E-state index in [1.165, 1.54) is 0 Å². The Bertz CT molecular complexity index is 535. The average molecular weight is 263 g/mol. The van der Waals surface area contributed by atoms with E-state index in [1.54, 1.807) is 4.68 Å². The molecule has 0 spiro atoms. The summed E-state index contributed by atoms with van der Waals surface area (Å²) in [4.78, 5) is 0. The van der Waals surface area contributed by atoms with E-state index < -0.39 is 15.4 Å². The van der Waals surface area contributed by atoms with Crippen LogP contribution in [-0.4, -0.2) is 29.7 Å². The minimum Gasteiger partial charge on any atom is -0.247 e. The molecule has 1 aliphatic heterocycles. The molecular formula is C10H15ClN2O2S. The van der Waals surface area contributed by atoms with E-state index in [2.05, 4.69) is 5.10 Å². The molecule has 1 unspecified atom stereocenters. The summed E-state index contributed by atoms with van der Waals surface area (Å²) in [6, 6.07) is 0. The molecule has 1 fully saturated rings. The molecule has 1 aliphatic rings. The summed E-state index contributed by atoms with van der Waals surface area (Å²) in [6.07, 6.45) is 0.579. The van der Waals surface area contributed by atoms with Gasteiger partial charge >= 0.3 is 0 Å². The molecule has 0 N–H and O–H groups in total. The van der Waals surface area contributed by atoms with E-state index in [-0.39, 0.29) is 11.5 Å². The van der Waals surface area contributed by atoms with Gasteiger partial charge in [0.2, 0.25) is 0 Å². The highest BCUT2D eigenvalue weighted by Gasteiger charge is 2.42. The smallest absolute Gasteiger partial charge is 0.152 e. The van der Waals surface area contributed by atoms with Crippen LogP contribution in [0.25, 0.3) is 0 Å². The van der Waals surface area contributed by atoms with E-state index in [9.17, 15) is 8.42 Å². The molecule has 0 amide bonds. The van der Waals surface area contributed by atoms with Crippen molar-refractivity contribution in [1.29, 1.82) is 0 Å². The van der Waals surface area contributed by atoms with E-state index in [0.29, 0.717) is 11.6 Å². The van der Waals surface area contributed by atoms with Crippen molar-refractivity contribution in [3.05, 3.63) is 16.4 Å². The number of sulfone groups is 1. The lowest BCUT2D eigenvalue weighted by Gasteiger charge is -2.23. The van der Waals surface area contributed by atoms with Gasteiger partial charge in [-0.15, -0.1) is 0 Å². The van der Waals surface area contributed by atoms with Gasteiger partial charge in [0.05, 0.1) is 22.7 Å². The van der Waals surface area contributed by atoms with Crippen LogP contribution in [0.5, 0.6) is 0 Å². The Hall–Kier alpha value is -0.550. The van der Waals surface area contributed by atoms with Gasteiger partial charge in [-0.3, -0.25) is 0 Å². The lowest BCUT2D eigenvalue weighted by Crippen LogP contribution is -2.32. The molecule has 0 aromatic carbocycles. The van der Waals surface area contributed by atoms with Gasteiger partial charge in [-0.2, -0.15) is 5.10 Å². The molecule has 1 atom stereocenters. The van der Waals surface area contributed by atoms with Gasteiger partial charge in [-0.25, -0.2) is 13.1 Å². The lowest BCUT2D eigenvalue weighted by molar-refractivity contribution is 0.328. The summed E-state index contributed by atoms with van der Waals surface area (Å²) in [6.45, 7) is 5.67. The first-order valence-corrected chi connectivity index (χ1v) is 7.38. The Balaban J connectivity index is 2.49. The highest BCUT2D eigenvalue weighted by Crippen LogP contribution is 2.34. The number of aryl methyl sites for hydroxylation is 1. The minimum absolute atomic E-state index is 0.125. The van der Waals surface area contributed by atoms with Crippen LogP contribution in [0, 0.1) is 13.8 Å². The molecule has 2 rings (SSSR count). The minimum atomic E-state index is -2.94. The third kappa shape index (κ3) is 1.76. The first-order valence-electron chi connectivity index (χ1n) is 5.18. The number of halogens is 1. The van der Waals surface area contributed by atoms with E-state index >= 15 is 0 Å². The first-order chi connectivity index (χ1) is 7.25. The van der Waals surface area contributed by atoms with Crippen LogP contribution in [0.2, 0.25) is 5.15 Å². The maximum Gasteiger partial charge on any atom is 0.152 e. The normalized spacial score (nSPS) is 28.5. The fourth-order valence-corrected chi connectivity index (χ4v) is 4.58. The van der Waals surface area contributed by atoms with Crippen LogP contribution >= 0.6 is 11.6 Å². The van der Waals surface area contributed by atoms with Gasteiger partial charge in [0.1, 0.15) is 5.15 Å². The third-order valence-electron chi connectivity index (χ3n) is 3.28. The topological polar surface area (TPSA) is 52.0 Å². The summed E-state index contributed by atoms with van der Waals surface area (Å²) >= 11 is 6.18. The lowest BCUT2D eigenvalue weighted by atomic mass is 10.0. The average Bonchev–Trinajstić information content (AvgIpc) is 2.59. The van der Waals surface area contributed by atoms with Crippen LogP contribution in [0.1, 0.15) is 24.6 Å². The SMILES string of the molecule is Cc1nn(C2(C)CCS(=O)(=O)C2)c(Cl)c1C. The van der Waals surface area contributed by atoms with Crippen LogP contribution in [0.15, 0.2) is 0 Å². The standard InChI is InChI=1S/C10H15ClN2O2S/c1-7-8(2)12-13(9(7)11)10(3)4-5-16(14,15)6-10/h4-6H2,1-3H3. The summed E-state index contributed by atoms with van der Waals surface area (Å²) < 4.78 is 24.7. The Labute approximate surface area is 101 Å². The molecule has 16 heavy (non-hydrogen) atoms. The summed E-state index contributed by atoms with van der Waals surface area (Å²) in [5.74, 6) is 0.345. The number of rotatable bonds is 1. The molecule has 0 bridgehead atoms. The molecule has 6 heteroatoms. The van der Waals surface area contributed by atoms with Gasteiger partial charge in [0, 0.05) is 5.56 Å². The molecular weight excluding hydrogens is 248 g/mol. The Morgan fingerprint density at radius 3 is 2.44 bits per heavy atom. The summed E-state index contributed by atoms with van der Waals surface area (Å²) in [7, 11) is -2.94. The van der Waals surface area contributed by atoms with Crippen LogP contribution in [0.3, 0.4) is 0 Å². The van der Waals surface area contributed by atoms with Gasteiger partial charge in [-0.1, -0.05) is 11.6 Å². The van der Waals surface area contributed by atoms with Crippen molar-refractivity contribution in [3.8, 4) is 0 Å². The number of hydrogen-bond acceptors (Lipinski definition) is 3. The zero-order valence-corrected chi connectivity index (χ0v) is 11.2. The second-order valence-electron chi connectivity index (χ2n) is 4.75. The highest BCUT2D eigenvalue weighted by molar-refractivity contribution is 7.91. The maximum absolute atomic E-state index is 11.5. The zero-order chi connectivity index (χ0) is 12.1. The summed E-state index contributed by atoms with van der Waals surface area (Å²) in [5, 5.41) is 4.90. The van der Waals surface area contributed by atoms with Crippen LogP contribution in [0.4, 0.5) is 0 Å². The number of hydrogen-bond donors (Lipinski definition) is 0. The Morgan fingerprint density at radius 2 is 2.06 bits per heavy atom. The summed E-state index contributed by atoms with van der Waals surface area (Å²) in [5.41, 5.74) is 1.29. The van der Waals surface area contributed by atoms with E-state index in [1.807, 2.05) is 20.8 Å². The molecule has 90 valence electrons. The van der Waals surface area contributed by atoms with Gasteiger partial charge < -0.3 is 0 Å². The maximum atomic E-state index is 11.5. The van der Waals surface area contributed by atoms with E-state index in [0.717, 1.165) is 11.3 Å². The van der Waals surface area contributed by atoms with E-state index in [4.69, 9.17) is 11.6 Å².